The van der Waals surface area contributed by atoms with Crippen molar-refractivity contribution in [3.8, 4) is 0 Å². The van der Waals surface area contributed by atoms with E-state index in [1.54, 1.807) is 4.90 Å². The Hall–Kier alpha value is -2.25. The van der Waals surface area contributed by atoms with Crippen molar-refractivity contribution in [2.24, 2.45) is 5.73 Å². The summed E-state index contributed by atoms with van der Waals surface area (Å²) in [5, 5.41) is 5.88. The van der Waals surface area contributed by atoms with Gasteiger partial charge in [-0.25, -0.2) is 0 Å². The fraction of sp³-hybridized carbons (Fsp3) is 0.550. The lowest BCUT2D eigenvalue weighted by molar-refractivity contribution is -0.136. The summed E-state index contributed by atoms with van der Waals surface area (Å²) in [6, 6.07) is 5.84. The molecule has 3 atom stereocenters. The van der Waals surface area contributed by atoms with Crippen molar-refractivity contribution in [2.45, 2.75) is 69.7 Å². The van der Waals surface area contributed by atoms with Gasteiger partial charge in [-0.05, 0) is 36.5 Å². The van der Waals surface area contributed by atoms with Gasteiger partial charge in [-0.3, -0.25) is 19.7 Å². The van der Waals surface area contributed by atoms with Gasteiger partial charge in [0.15, 0.2) is 0 Å². The van der Waals surface area contributed by atoms with E-state index in [1.165, 1.54) is 12.8 Å². The molecule has 2 heterocycles. The minimum atomic E-state index is -0.565. The van der Waals surface area contributed by atoms with Crippen LogP contribution in [0.25, 0.3) is 0 Å². The Bertz CT molecular complexity index is 778. The van der Waals surface area contributed by atoms with Crippen LogP contribution in [0.4, 0.5) is 0 Å². The molecule has 27 heavy (non-hydrogen) atoms. The third-order valence-electron chi connectivity index (χ3n) is 5.98. The van der Waals surface area contributed by atoms with Crippen LogP contribution in [0.15, 0.2) is 18.2 Å². The number of nitrogens with one attached hydrogen (secondary N) is 2. The van der Waals surface area contributed by atoms with Crippen molar-refractivity contribution in [3.63, 3.8) is 0 Å². The maximum atomic E-state index is 12.7. The summed E-state index contributed by atoms with van der Waals surface area (Å²) in [6.07, 6.45) is 5.25. The van der Waals surface area contributed by atoms with Crippen molar-refractivity contribution in [3.05, 3.63) is 34.9 Å². The van der Waals surface area contributed by atoms with Crippen LogP contribution in [0.3, 0.4) is 0 Å². The van der Waals surface area contributed by atoms with Crippen molar-refractivity contribution < 1.29 is 14.4 Å². The summed E-state index contributed by atoms with van der Waals surface area (Å²) in [4.78, 5) is 37.8. The SMILES string of the molecule is N[C@@H]1CCCC[C@H]1NCc1ccc2c(c1)CN(C1CCC(=O)NC1=O)C2=O. The van der Waals surface area contributed by atoms with Gasteiger partial charge in [0, 0.05) is 37.2 Å². The molecular weight excluding hydrogens is 344 g/mol. The monoisotopic (exact) mass is 370 g/mol. The molecule has 3 amide bonds. The number of piperidine rings is 1. The van der Waals surface area contributed by atoms with Crippen LogP contribution < -0.4 is 16.4 Å². The molecule has 0 radical (unpaired) electrons. The van der Waals surface area contributed by atoms with Crippen molar-refractivity contribution in [1.29, 1.82) is 0 Å². The molecule has 4 rings (SSSR count). The second kappa shape index (κ2) is 7.40. The number of fused-ring (bicyclic) bond motifs is 1. The molecule has 2 aliphatic heterocycles. The minimum absolute atomic E-state index is 0.131. The van der Waals surface area contributed by atoms with Crippen LogP contribution in [-0.4, -0.2) is 40.7 Å². The summed E-state index contributed by atoms with van der Waals surface area (Å²) in [5.41, 5.74) is 8.91. The molecule has 0 spiro atoms. The zero-order chi connectivity index (χ0) is 19.0. The van der Waals surface area contributed by atoms with E-state index in [0.717, 1.165) is 30.5 Å². The molecule has 1 aliphatic carbocycles. The summed E-state index contributed by atoms with van der Waals surface area (Å²) < 4.78 is 0. The van der Waals surface area contributed by atoms with E-state index in [-0.39, 0.29) is 30.2 Å². The molecule has 4 N–H and O–H groups in total. The van der Waals surface area contributed by atoms with Gasteiger partial charge in [0.25, 0.3) is 5.91 Å². The maximum absolute atomic E-state index is 12.7. The van der Waals surface area contributed by atoms with Crippen molar-refractivity contribution in [2.75, 3.05) is 0 Å². The second-order valence-corrected chi connectivity index (χ2v) is 7.83. The topological polar surface area (TPSA) is 105 Å². The van der Waals surface area contributed by atoms with Crippen molar-refractivity contribution >= 4 is 17.7 Å². The number of imide groups is 1. The third-order valence-corrected chi connectivity index (χ3v) is 5.98. The first-order chi connectivity index (χ1) is 13.0. The quantitative estimate of drug-likeness (QED) is 0.680. The Labute approximate surface area is 158 Å². The van der Waals surface area contributed by atoms with Crippen LogP contribution in [0, 0.1) is 0 Å². The largest absolute Gasteiger partial charge is 0.326 e. The van der Waals surface area contributed by atoms with Gasteiger partial charge >= 0.3 is 0 Å². The van der Waals surface area contributed by atoms with Crippen LogP contribution in [0.1, 0.15) is 60.0 Å². The van der Waals surface area contributed by atoms with Gasteiger partial charge < -0.3 is 16.0 Å². The average Bonchev–Trinajstić information content (AvgIpc) is 2.97. The highest BCUT2D eigenvalue weighted by Crippen LogP contribution is 2.28. The molecule has 3 aliphatic rings. The normalized spacial score (nSPS) is 28.3. The number of nitrogens with zero attached hydrogens (tertiary/aromatic N) is 1. The molecule has 7 nitrogen and oxygen atoms in total. The molecule has 0 bridgehead atoms. The van der Waals surface area contributed by atoms with Gasteiger partial charge in [0.05, 0.1) is 0 Å². The number of hydrogen-bond donors (Lipinski definition) is 3. The Morgan fingerprint density at radius 2 is 1.96 bits per heavy atom. The highest BCUT2D eigenvalue weighted by Gasteiger charge is 2.39. The molecule has 1 saturated carbocycles. The lowest BCUT2D eigenvalue weighted by atomic mass is 9.91. The molecule has 1 unspecified atom stereocenters. The third kappa shape index (κ3) is 3.61. The molecular formula is C20H26N4O3. The maximum Gasteiger partial charge on any atom is 0.255 e. The summed E-state index contributed by atoms with van der Waals surface area (Å²) in [7, 11) is 0. The Morgan fingerprint density at radius 3 is 2.74 bits per heavy atom. The van der Waals surface area contributed by atoms with E-state index in [4.69, 9.17) is 5.73 Å². The number of hydrogen-bond acceptors (Lipinski definition) is 5. The fourth-order valence-corrected chi connectivity index (χ4v) is 4.40. The number of nitrogens with two attached hydrogens (primary N) is 1. The van der Waals surface area contributed by atoms with Crippen LogP contribution >= 0.6 is 0 Å². The fourth-order valence-electron chi connectivity index (χ4n) is 4.40. The first kappa shape index (κ1) is 18.1. The molecule has 1 aromatic carbocycles. The number of carbonyl (C=O) groups excluding carboxylic acids is 3. The number of carbonyl (C=O) groups is 3. The van der Waals surface area contributed by atoms with Gasteiger partial charge in [0.1, 0.15) is 6.04 Å². The summed E-state index contributed by atoms with van der Waals surface area (Å²) in [6.45, 7) is 1.13. The van der Waals surface area contributed by atoms with E-state index in [0.29, 0.717) is 24.6 Å². The first-order valence-electron chi connectivity index (χ1n) is 9.78. The highest BCUT2D eigenvalue weighted by molar-refractivity contribution is 6.05. The van der Waals surface area contributed by atoms with Gasteiger partial charge in [-0.15, -0.1) is 0 Å². The molecule has 1 aromatic rings. The first-order valence-corrected chi connectivity index (χ1v) is 9.78. The summed E-state index contributed by atoms with van der Waals surface area (Å²) in [5.74, 6) is -0.774. The molecule has 2 fully saturated rings. The Kier molecular flexibility index (Phi) is 4.97. The number of rotatable bonds is 4. The molecule has 144 valence electrons. The lowest BCUT2D eigenvalue weighted by Gasteiger charge is -2.29. The molecule has 1 saturated heterocycles. The van der Waals surface area contributed by atoms with Gasteiger partial charge in [-0.2, -0.15) is 0 Å². The minimum Gasteiger partial charge on any atom is -0.326 e. The predicted molar refractivity (Wildman–Crippen MR) is 99.6 cm³/mol. The smallest absolute Gasteiger partial charge is 0.255 e. The van der Waals surface area contributed by atoms with Gasteiger partial charge in [0.2, 0.25) is 11.8 Å². The molecule has 0 aromatic heterocycles. The zero-order valence-electron chi connectivity index (χ0n) is 15.4. The Morgan fingerprint density at radius 1 is 1.15 bits per heavy atom. The standard InChI is InChI=1S/C20H26N4O3/c21-15-3-1-2-4-16(15)22-10-12-5-6-14-13(9-12)11-24(20(14)27)17-7-8-18(25)23-19(17)26/h5-6,9,15-17,22H,1-4,7-8,10-11,21H2,(H,23,25,26)/t15-,16-,17?/m1/s1. The van der Waals surface area contributed by atoms with E-state index in [1.807, 2.05) is 18.2 Å². The second-order valence-electron chi connectivity index (χ2n) is 7.83. The number of amides is 3. The highest BCUT2D eigenvalue weighted by atomic mass is 16.2. The average molecular weight is 370 g/mol. The van der Waals surface area contributed by atoms with Crippen LogP contribution in [0.2, 0.25) is 0 Å². The van der Waals surface area contributed by atoms with E-state index < -0.39 is 6.04 Å². The van der Waals surface area contributed by atoms with Gasteiger partial charge in [-0.1, -0.05) is 25.0 Å². The van der Waals surface area contributed by atoms with Crippen LogP contribution in [-0.2, 0) is 22.7 Å². The predicted octanol–water partition coefficient (Wildman–Crippen LogP) is 0.807. The van der Waals surface area contributed by atoms with E-state index in [2.05, 4.69) is 10.6 Å². The zero-order valence-corrected chi connectivity index (χ0v) is 15.4. The van der Waals surface area contributed by atoms with E-state index >= 15 is 0 Å². The molecule has 7 heteroatoms. The Balaban J connectivity index is 1.43. The van der Waals surface area contributed by atoms with E-state index in [9.17, 15) is 14.4 Å². The number of benzene rings is 1. The van der Waals surface area contributed by atoms with Crippen molar-refractivity contribution in [1.82, 2.24) is 15.5 Å². The summed E-state index contributed by atoms with van der Waals surface area (Å²) >= 11 is 0. The lowest BCUT2D eigenvalue weighted by Crippen LogP contribution is -2.52. The van der Waals surface area contributed by atoms with Crippen LogP contribution in [0.5, 0.6) is 0 Å².